The molecule has 264 valence electrons. The van der Waals surface area contributed by atoms with E-state index in [0.717, 1.165) is 10.9 Å². The van der Waals surface area contributed by atoms with Gasteiger partial charge in [0.1, 0.15) is 17.1 Å². The summed E-state index contributed by atoms with van der Waals surface area (Å²) in [7, 11) is -2.79. The minimum Gasteiger partial charge on any atom is -0.482 e. The van der Waals surface area contributed by atoms with Gasteiger partial charge in [0, 0.05) is 44.6 Å². The van der Waals surface area contributed by atoms with E-state index in [1.165, 1.54) is 28.6 Å². The van der Waals surface area contributed by atoms with Crippen LogP contribution in [0.25, 0.3) is 21.9 Å². The van der Waals surface area contributed by atoms with Crippen molar-refractivity contribution in [1.82, 2.24) is 18.8 Å². The summed E-state index contributed by atoms with van der Waals surface area (Å²) in [6.07, 6.45) is 0.495. The first-order valence-electron chi connectivity index (χ1n) is 16.1. The molecule has 0 radical (unpaired) electrons. The number of anilines is 1. The van der Waals surface area contributed by atoms with E-state index in [2.05, 4.69) is 4.98 Å². The number of para-hydroxylation sites is 2. The van der Waals surface area contributed by atoms with E-state index in [9.17, 15) is 23.3 Å². The topological polar surface area (TPSA) is 182 Å². The van der Waals surface area contributed by atoms with Gasteiger partial charge in [-0.1, -0.05) is 42.5 Å². The van der Waals surface area contributed by atoms with Crippen LogP contribution in [0.3, 0.4) is 0 Å². The largest absolute Gasteiger partial charge is 0.482 e. The molecule has 0 unspecified atom stereocenters. The first-order chi connectivity index (χ1) is 23.9. The standard InChI is InChI=1S/C35H40N6O8S/c1-23(2)49-32(42)22-48-29-15-9-11-25(24(29)3)21-39(50(45,46)30-16-8-7-14-28(30)41(43)44)18-10-19-40-31(17-20-47-4)38-33-34(40)26-12-5-6-13-27(26)37-35(33)36/h5-9,11-16,23H,10,17-22H2,1-4H3,(H2,36,37). The van der Waals surface area contributed by atoms with Gasteiger partial charge in [-0.3, -0.25) is 10.1 Å². The van der Waals surface area contributed by atoms with Gasteiger partial charge in [-0.15, -0.1) is 0 Å². The number of carbonyl (C=O) groups excluding carboxylic acids is 1. The molecule has 14 nitrogen and oxygen atoms in total. The maximum atomic E-state index is 14.3. The normalized spacial score (nSPS) is 11.9. The van der Waals surface area contributed by atoms with Crippen molar-refractivity contribution in [2.24, 2.45) is 0 Å². The molecule has 3 aromatic carbocycles. The van der Waals surface area contributed by atoms with E-state index in [4.69, 9.17) is 24.9 Å². The zero-order valence-corrected chi connectivity index (χ0v) is 29.2. The number of nitrogens with zero attached hydrogens (tertiary/aromatic N) is 5. The highest BCUT2D eigenvalue weighted by molar-refractivity contribution is 7.89. The Morgan fingerprint density at radius 2 is 1.80 bits per heavy atom. The maximum absolute atomic E-state index is 14.3. The molecule has 0 saturated heterocycles. The molecule has 0 fully saturated rings. The number of rotatable bonds is 16. The van der Waals surface area contributed by atoms with Crippen LogP contribution < -0.4 is 10.5 Å². The molecule has 0 bridgehead atoms. The van der Waals surface area contributed by atoms with E-state index in [1.54, 1.807) is 46.1 Å². The third-order valence-corrected chi connectivity index (χ3v) is 10.0. The number of hydrogen-bond donors (Lipinski definition) is 1. The molecule has 0 amide bonds. The molecule has 15 heteroatoms. The number of carbonyl (C=O) groups is 1. The molecule has 0 aliphatic rings. The highest BCUT2D eigenvalue weighted by atomic mass is 32.2. The van der Waals surface area contributed by atoms with Gasteiger partial charge in [0.2, 0.25) is 10.0 Å². The van der Waals surface area contributed by atoms with Crippen LogP contribution in [0.2, 0.25) is 0 Å². The van der Waals surface area contributed by atoms with Crippen LogP contribution in [0.4, 0.5) is 11.5 Å². The van der Waals surface area contributed by atoms with Gasteiger partial charge < -0.3 is 24.5 Å². The van der Waals surface area contributed by atoms with Crippen molar-refractivity contribution in [3.8, 4) is 5.75 Å². The Hall–Kier alpha value is -5.12. The quantitative estimate of drug-likeness (QED) is 0.0811. The van der Waals surface area contributed by atoms with Gasteiger partial charge in [-0.25, -0.2) is 23.2 Å². The van der Waals surface area contributed by atoms with Crippen LogP contribution in [0.1, 0.15) is 37.2 Å². The van der Waals surface area contributed by atoms with Crippen molar-refractivity contribution < 1.29 is 32.3 Å². The molecular formula is C35H40N6O8S. The highest BCUT2D eigenvalue weighted by Gasteiger charge is 2.32. The molecule has 2 aromatic heterocycles. The lowest BCUT2D eigenvalue weighted by atomic mass is 10.1. The van der Waals surface area contributed by atoms with Crippen molar-refractivity contribution in [3.63, 3.8) is 0 Å². The predicted octanol–water partition coefficient (Wildman–Crippen LogP) is 5.18. The number of benzene rings is 3. The Bertz CT molecular complexity index is 2130. The monoisotopic (exact) mass is 704 g/mol. The Morgan fingerprint density at radius 3 is 2.54 bits per heavy atom. The maximum Gasteiger partial charge on any atom is 0.344 e. The number of nitro benzene ring substituents is 1. The van der Waals surface area contributed by atoms with Crippen LogP contribution in [0.5, 0.6) is 5.75 Å². The molecule has 2 heterocycles. The van der Waals surface area contributed by atoms with E-state index >= 15 is 0 Å². The number of ether oxygens (including phenoxy) is 3. The summed E-state index contributed by atoms with van der Waals surface area (Å²) in [6, 6.07) is 18.0. The molecule has 50 heavy (non-hydrogen) atoms. The van der Waals surface area contributed by atoms with Crippen LogP contribution >= 0.6 is 0 Å². The summed E-state index contributed by atoms with van der Waals surface area (Å²) in [4.78, 5) is 32.3. The average molecular weight is 705 g/mol. The van der Waals surface area contributed by atoms with Crippen molar-refractivity contribution >= 4 is 49.4 Å². The second-order valence-electron chi connectivity index (χ2n) is 11.9. The number of imidazole rings is 1. The minimum absolute atomic E-state index is 0.00150. The molecular weight excluding hydrogens is 664 g/mol. The molecule has 0 aliphatic heterocycles. The summed E-state index contributed by atoms with van der Waals surface area (Å²) in [5, 5.41) is 12.8. The summed E-state index contributed by atoms with van der Waals surface area (Å²) in [6.45, 7) is 5.56. The highest BCUT2D eigenvalue weighted by Crippen LogP contribution is 2.32. The number of pyridine rings is 1. The third kappa shape index (κ3) is 7.85. The van der Waals surface area contributed by atoms with Crippen LogP contribution in [-0.2, 0) is 43.8 Å². The number of methoxy groups -OCH3 is 1. The Balaban J connectivity index is 1.50. The lowest BCUT2D eigenvalue weighted by Crippen LogP contribution is -2.33. The summed E-state index contributed by atoms with van der Waals surface area (Å²) >= 11 is 0. The molecule has 0 spiro atoms. The van der Waals surface area contributed by atoms with Crippen LogP contribution in [0.15, 0.2) is 71.6 Å². The molecule has 0 saturated carbocycles. The fraction of sp³-hybridized carbons (Fsp3) is 0.343. The number of sulfonamides is 1. The third-order valence-electron chi connectivity index (χ3n) is 8.14. The second kappa shape index (κ2) is 15.6. The predicted molar refractivity (Wildman–Crippen MR) is 188 cm³/mol. The zero-order valence-electron chi connectivity index (χ0n) is 28.4. The minimum atomic E-state index is -4.39. The van der Waals surface area contributed by atoms with E-state index in [1.807, 2.05) is 28.8 Å². The molecule has 0 aliphatic carbocycles. The number of nitrogen functional groups attached to an aromatic ring is 1. The first-order valence-corrected chi connectivity index (χ1v) is 17.5. The van der Waals surface area contributed by atoms with Crippen LogP contribution in [-0.4, -0.2) is 71.1 Å². The summed E-state index contributed by atoms with van der Waals surface area (Å²) in [5.74, 6) is 0.841. The zero-order chi connectivity index (χ0) is 36.0. The number of aromatic nitrogens is 3. The number of nitrogens with two attached hydrogens (primary N) is 1. The van der Waals surface area contributed by atoms with Crippen LogP contribution in [0, 0.1) is 17.0 Å². The SMILES string of the molecule is COCCc1nc2c(N)nc3ccccc3c2n1CCCN(Cc1cccc(OCC(=O)OC(C)C)c1C)S(=O)(=O)c1ccccc1[N+](=O)[O-]. The molecule has 2 N–H and O–H groups in total. The smallest absolute Gasteiger partial charge is 0.344 e. The summed E-state index contributed by atoms with van der Waals surface area (Å²) < 4.78 is 48.0. The lowest BCUT2D eigenvalue weighted by molar-refractivity contribution is -0.387. The lowest BCUT2D eigenvalue weighted by Gasteiger charge is -2.24. The Kier molecular flexibility index (Phi) is 11.3. The molecule has 5 rings (SSSR count). The molecule has 5 aromatic rings. The van der Waals surface area contributed by atoms with Crippen molar-refractivity contribution in [2.75, 3.05) is 32.6 Å². The van der Waals surface area contributed by atoms with Crippen molar-refractivity contribution in [3.05, 3.63) is 93.8 Å². The molecule has 0 atom stereocenters. The van der Waals surface area contributed by atoms with Gasteiger partial charge in [-0.2, -0.15) is 4.31 Å². The van der Waals surface area contributed by atoms with Gasteiger partial charge in [0.05, 0.1) is 28.7 Å². The number of hydrogen-bond acceptors (Lipinski definition) is 11. The fourth-order valence-corrected chi connectivity index (χ4v) is 7.41. The average Bonchev–Trinajstić information content (AvgIpc) is 3.45. The van der Waals surface area contributed by atoms with Crippen molar-refractivity contribution in [2.45, 2.75) is 57.7 Å². The van der Waals surface area contributed by atoms with E-state index in [-0.39, 0.29) is 31.6 Å². The first kappa shape index (κ1) is 36.2. The number of aryl methyl sites for hydroxylation is 1. The van der Waals surface area contributed by atoms with E-state index < -0.39 is 31.5 Å². The van der Waals surface area contributed by atoms with Gasteiger partial charge >= 0.3 is 5.97 Å². The van der Waals surface area contributed by atoms with Gasteiger partial charge in [0.15, 0.2) is 17.3 Å². The number of fused-ring (bicyclic) bond motifs is 3. The Morgan fingerprint density at radius 1 is 1.06 bits per heavy atom. The number of nitro groups is 1. The summed E-state index contributed by atoms with van der Waals surface area (Å²) in [5.41, 5.74) is 9.06. The van der Waals surface area contributed by atoms with Gasteiger partial charge in [0.25, 0.3) is 5.69 Å². The second-order valence-corrected chi connectivity index (χ2v) is 13.8. The van der Waals surface area contributed by atoms with Crippen molar-refractivity contribution in [1.29, 1.82) is 0 Å². The Labute approximate surface area is 290 Å². The van der Waals surface area contributed by atoms with E-state index in [0.29, 0.717) is 59.7 Å². The number of esters is 1. The van der Waals surface area contributed by atoms with Gasteiger partial charge in [-0.05, 0) is 56.5 Å². The fourth-order valence-electron chi connectivity index (χ4n) is 5.80.